The number of hydrogen-bond acceptors (Lipinski definition) is 5. The van der Waals surface area contributed by atoms with Gasteiger partial charge in [-0.2, -0.15) is 5.10 Å². The number of amides is 4. The van der Waals surface area contributed by atoms with Crippen molar-refractivity contribution in [2.75, 3.05) is 31.3 Å². The molecule has 42 heavy (non-hydrogen) atoms. The molecule has 0 saturated heterocycles. The van der Waals surface area contributed by atoms with E-state index >= 15 is 0 Å². The number of terminal acetylenes is 1. The van der Waals surface area contributed by atoms with Gasteiger partial charge >= 0.3 is 6.03 Å². The summed E-state index contributed by atoms with van der Waals surface area (Å²) in [5.74, 6) is 2.28. The summed E-state index contributed by atoms with van der Waals surface area (Å²) in [4.78, 5) is 42.4. The predicted octanol–water partition coefficient (Wildman–Crippen LogP) is 4.42. The number of aromatic nitrogens is 2. The number of urea groups is 1. The fraction of sp³-hybridized carbons (Fsp3) is 0.375. The number of carbonyl (C=O) groups is 3. The van der Waals surface area contributed by atoms with Gasteiger partial charge < -0.3 is 25.8 Å². The van der Waals surface area contributed by atoms with Crippen molar-refractivity contribution in [3.8, 4) is 12.3 Å². The van der Waals surface area contributed by atoms with Crippen molar-refractivity contribution in [3.05, 3.63) is 77.5 Å². The number of benzene rings is 1. The molecule has 2 aliphatic rings. The van der Waals surface area contributed by atoms with Crippen LogP contribution in [0.5, 0.6) is 0 Å². The lowest BCUT2D eigenvalue weighted by Gasteiger charge is -2.35. The molecule has 1 aromatic heterocycles. The van der Waals surface area contributed by atoms with E-state index in [4.69, 9.17) is 11.5 Å². The molecule has 0 bridgehead atoms. The lowest BCUT2D eigenvalue weighted by atomic mass is 10.00. The third-order valence-corrected chi connectivity index (χ3v) is 7.50. The zero-order valence-corrected chi connectivity index (χ0v) is 24.9. The number of likely N-dealkylation sites (N-methyl/N-ethyl adjacent to an activating group) is 1. The summed E-state index contributed by atoms with van der Waals surface area (Å²) in [6.07, 6.45) is 13.8. The first kappa shape index (κ1) is 30.3. The molecule has 1 aromatic carbocycles. The van der Waals surface area contributed by atoms with Crippen LogP contribution in [0.15, 0.2) is 60.7 Å². The highest BCUT2D eigenvalue weighted by Gasteiger charge is 2.48. The van der Waals surface area contributed by atoms with Gasteiger partial charge in [0.2, 0.25) is 5.91 Å². The lowest BCUT2D eigenvalue weighted by Crippen LogP contribution is -2.52. The number of carbonyl (C=O) groups excluding carboxylic acids is 3. The SMILES string of the molecule is C#C/C=C\C=C(/C)[C@@H](CN(C)C)NC(=O)N1Cc2c(NC(=O)c3ccc(NC(=O)C=C)cc3)nn(C3CC3)c2C1(C)C. The van der Waals surface area contributed by atoms with Gasteiger partial charge in [0.05, 0.1) is 29.9 Å². The Hall–Kier alpha value is -4.62. The predicted molar refractivity (Wildman–Crippen MR) is 165 cm³/mol. The molecule has 1 atom stereocenters. The molecule has 1 saturated carbocycles. The van der Waals surface area contributed by atoms with E-state index in [2.05, 4.69) is 28.4 Å². The number of allylic oxidation sites excluding steroid dienone is 3. The average molecular weight is 570 g/mol. The quantitative estimate of drug-likeness (QED) is 0.223. The maximum Gasteiger partial charge on any atom is 0.318 e. The Kier molecular flexibility index (Phi) is 9.02. The number of nitrogens with one attached hydrogen (secondary N) is 3. The summed E-state index contributed by atoms with van der Waals surface area (Å²) < 4.78 is 1.99. The summed E-state index contributed by atoms with van der Waals surface area (Å²) >= 11 is 0. The molecule has 2 heterocycles. The van der Waals surface area contributed by atoms with Crippen molar-refractivity contribution in [1.82, 2.24) is 24.9 Å². The van der Waals surface area contributed by atoms with Gasteiger partial charge in [-0.15, -0.1) is 6.42 Å². The Morgan fingerprint density at radius 1 is 1.21 bits per heavy atom. The first-order chi connectivity index (χ1) is 20.0. The van der Waals surface area contributed by atoms with Gasteiger partial charge in [0, 0.05) is 23.4 Å². The molecule has 10 heteroatoms. The first-order valence-electron chi connectivity index (χ1n) is 13.9. The summed E-state index contributed by atoms with van der Waals surface area (Å²) in [7, 11) is 3.92. The molecule has 1 aliphatic carbocycles. The maximum atomic E-state index is 13.8. The summed E-state index contributed by atoms with van der Waals surface area (Å²) in [5.41, 5.74) is 3.06. The van der Waals surface area contributed by atoms with E-state index in [-0.39, 0.29) is 29.9 Å². The Balaban J connectivity index is 1.57. The monoisotopic (exact) mass is 569 g/mol. The minimum Gasteiger partial charge on any atom is -0.330 e. The van der Waals surface area contributed by atoms with E-state index in [0.29, 0.717) is 30.2 Å². The molecule has 0 radical (unpaired) electrons. The normalized spacial score (nSPS) is 16.6. The van der Waals surface area contributed by atoms with Crippen LogP contribution in [-0.2, 0) is 16.9 Å². The van der Waals surface area contributed by atoms with Crippen molar-refractivity contribution in [3.63, 3.8) is 0 Å². The molecule has 1 fully saturated rings. The van der Waals surface area contributed by atoms with E-state index < -0.39 is 5.54 Å². The van der Waals surface area contributed by atoms with Gasteiger partial charge in [-0.1, -0.05) is 24.7 Å². The van der Waals surface area contributed by atoms with Crippen LogP contribution in [0.25, 0.3) is 0 Å². The number of fused-ring (bicyclic) bond motifs is 1. The van der Waals surface area contributed by atoms with Crippen molar-refractivity contribution in [2.45, 2.75) is 57.8 Å². The third-order valence-electron chi connectivity index (χ3n) is 7.50. The molecule has 220 valence electrons. The molecule has 2 aromatic rings. The van der Waals surface area contributed by atoms with E-state index in [1.807, 2.05) is 50.5 Å². The molecule has 3 N–H and O–H groups in total. The molecule has 10 nitrogen and oxygen atoms in total. The highest BCUT2D eigenvalue weighted by Crippen LogP contribution is 2.47. The molecule has 0 spiro atoms. The van der Waals surface area contributed by atoms with Crippen LogP contribution < -0.4 is 16.0 Å². The second-order valence-electron chi connectivity index (χ2n) is 11.4. The minimum atomic E-state index is -0.660. The van der Waals surface area contributed by atoms with Gasteiger partial charge in [-0.05, 0) is 89.7 Å². The van der Waals surface area contributed by atoms with Gasteiger partial charge in [0.25, 0.3) is 5.91 Å². The summed E-state index contributed by atoms with van der Waals surface area (Å²) in [6, 6.07) is 6.39. The molecular weight excluding hydrogens is 530 g/mol. The number of hydrogen-bond donors (Lipinski definition) is 3. The highest BCUT2D eigenvalue weighted by atomic mass is 16.2. The second kappa shape index (κ2) is 12.5. The van der Waals surface area contributed by atoms with Crippen LogP contribution in [0.3, 0.4) is 0 Å². The fourth-order valence-corrected chi connectivity index (χ4v) is 5.11. The van der Waals surface area contributed by atoms with Crippen molar-refractivity contribution in [1.29, 1.82) is 0 Å². The molecule has 1 aliphatic heterocycles. The maximum absolute atomic E-state index is 13.8. The van der Waals surface area contributed by atoms with Crippen molar-refractivity contribution < 1.29 is 14.4 Å². The van der Waals surface area contributed by atoms with E-state index in [1.54, 1.807) is 41.3 Å². The Morgan fingerprint density at radius 3 is 2.50 bits per heavy atom. The van der Waals surface area contributed by atoms with E-state index in [0.717, 1.165) is 29.7 Å². The molecular formula is C32H39N7O3. The van der Waals surface area contributed by atoms with Crippen LogP contribution in [0.4, 0.5) is 16.3 Å². The Labute approximate surface area is 247 Å². The fourth-order valence-electron chi connectivity index (χ4n) is 5.11. The standard InChI is InChI=1S/C32H39N7O3/c1-8-10-11-12-21(3)26(20-37(6)7)34-31(42)38-19-25-28(32(38,4)5)39(24-17-18-24)36-29(25)35-30(41)22-13-15-23(16-14-22)33-27(40)9-2/h1,9-16,24,26H,2,17-20H2,3-7H3,(H,33,40)(H,34,42)(H,35,36,41)/b11-10-,21-12+/t26-/m1/s1. The van der Waals surface area contributed by atoms with Crippen molar-refractivity contribution >= 4 is 29.4 Å². The van der Waals surface area contributed by atoms with Gasteiger partial charge in [0.1, 0.15) is 0 Å². The lowest BCUT2D eigenvalue weighted by molar-refractivity contribution is -0.111. The largest absolute Gasteiger partial charge is 0.330 e. The minimum absolute atomic E-state index is 0.200. The first-order valence-corrected chi connectivity index (χ1v) is 13.9. The van der Waals surface area contributed by atoms with E-state index in [1.165, 1.54) is 6.08 Å². The third kappa shape index (κ3) is 6.64. The number of anilines is 2. The smallest absolute Gasteiger partial charge is 0.318 e. The topological polar surface area (TPSA) is 112 Å². The van der Waals surface area contributed by atoms with Crippen molar-refractivity contribution in [2.24, 2.45) is 0 Å². The van der Waals surface area contributed by atoms with Crippen LogP contribution in [0.2, 0.25) is 0 Å². The molecule has 4 amide bonds. The summed E-state index contributed by atoms with van der Waals surface area (Å²) in [6.45, 7) is 10.4. The molecule has 0 unspecified atom stereocenters. The average Bonchev–Trinajstić information content (AvgIpc) is 3.66. The summed E-state index contributed by atoms with van der Waals surface area (Å²) in [5, 5.41) is 13.7. The highest BCUT2D eigenvalue weighted by molar-refractivity contribution is 6.05. The second-order valence-corrected chi connectivity index (χ2v) is 11.4. The molecule has 4 rings (SSSR count). The van der Waals surface area contributed by atoms with Gasteiger partial charge in [0.15, 0.2) is 5.82 Å². The van der Waals surface area contributed by atoms with Gasteiger partial charge in [-0.25, -0.2) is 4.79 Å². The van der Waals surface area contributed by atoms with Crippen LogP contribution in [0.1, 0.15) is 61.3 Å². The van der Waals surface area contributed by atoms with Crippen LogP contribution in [-0.4, -0.2) is 64.1 Å². The number of rotatable bonds is 10. The zero-order chi connectivity index (χ0) is 30.6. The van der Waals surface area contributed by atoms with Crippen LogP contribution in [0, 0.1) is 12.3 Å². The van der Waals surface area contributed by atoms with Gasteiger partial charge in [-0.3, -0.25) is 14.3 Å². The van der Waals surface area contributed by atoms with E-state index in [9.17, 15) is 14.4 Å². The Bertz CT molecular complexity index is 1470. The zero-order valence-electron chi connectivity index (χ0n) is 24.9. The number of nitrogens with zero attached hydrogens (tertiary/aromatic N) is 4. The van der Waals surface area contributed by atoms with Crippen LogP contribution >= 0.6 is 0 Å². The Morgan fingerprint density at radius 2 is 1.90 bits per heavy atom.